The summed E-state index contributed by atoms with van der Waals surface area (Å²) >= 11 is 0. The highest BCUT2D eigenvalue weighted by Gasteiger charge is 2.46. The first-order valence-electron chi connectivity index (χ1n) is 9.30. The highest BCUT2D eigenvalue weighted by molar-refractivity contribution is 6.44. The second-order valence-electron chi connectivity index (χ2n) is 7.10. The van der Waals surface area contributed by atoms with E-state index < -0.39 is 29.6 Å². The van der Waals surface area contributed by atoms with Gasteiger partial charge in [-0.3, -0.25) is 19.4 Å². The summed E-state index contributed by atoms with van der Waals surface area (Å²) < 4.78 is 39.8. The number of carbonyl (C=O) groups is 3. The predicted molar refractivity (Wildman–Crippen MR) is 93.7 cm³/mol. The van der Waals surface area contributed by atoms with E-state index in [-0.39, 0.29) is 31.4 Å². The Morgan fingerprint density at radius 1 is 1.07 bits per heavy atom. The second kappa shape index (κ2) is 7.90. The number of imide groups is 2. The molecule has 1 aliphatic carbocycles. The minimum atomic E-state index is -4.49. The summed E-state index contributed by atoms with van der Waals surface area (Å²) in [6.07, 6.45) is -1.59. The summed E-state index contributed by atoms with van der Waals surface area (Å²) in [4.78, 5) is 40.3. The fourth-order valence-corrected chi connectivity index (χ4v) is 3.26. The molecule has 1 saturated carbocycles. The molecule has 28 heavy (non-hydrogen) atoms. The van der Waals surface area contributed by atoms with Gasteiger partial charge in [-0.05, 0) is 30.9 Å². The monoisotopic (exact) mass is 397 g/mol. The lowest BCUT2D eigenvalue weighted by molar-refractivity contribution is -0.144. The minimum absolute atomic E-state index is 0.0123. The van der Waals surface area contributed by atoms with Gasteiger partial charge < -0.3 is 0 Å². The molecule has 0 radical (unpaired) electrons. The number of carbonyl (C=O) groups excluding carboxylic acids is 3. The lowest BCUT2D eigenvalue weighted by Gasteiger charge is -2.27. The summed E-state index contributed by atoms with van der Waals surface area (Å²) in [6, 6.07) is 4.55. The standard InChI is InChI=1S/C19H22F3N3O3/c1-2-3-10-24-16(26)17(27)25(18(24)28)12-23(14-8-9-14)11-13-6-4-5-7-15(13)19(20,21)22/h4-7,14H,2-3,8-12H2,1H3. The number of unbranched alkanes of at least 4 members (excludes halogenated alkanes) is 1. The van der Waals surface area contributed by atoms with Gasteiger partial charge in [-0.1, -0.05) is 31.5 Å². The number of amides is 4. The molecule has 0 unspecified atom stereocenters. The van der Waals surface area contributed by atoms with E-state index in [2.05, 4.69) is 0 Å². The van der Waals surface area contributed by atoms with Crippen LogP contribution in [0.2, 0.25) is 0 Å². The van der Waals surface area contributed by atoms with E-state index in [4.69, 9.17) is 0 Å². The van der Waals surface area contributed by atoms with Crippen LogP contribution >= 0.6 is 0 Å². The summed E-state index contributed by atoms with van der Waals surface area (Å²) in [5, 5.41) is 0. The zero-order chi connectivity index (χ0) is 20.5. The largest absolute Gasteiger partial charge is 0.416 e. The topological polar surface area (TPSA) is 60.9 Å². The van der Waals surface area contributed by atoms with Crippen LogP contribution in [-0.4, -0.2) is 51.8 Å². The van der Waals surface area contributed by atoms with Crippen LogP contribution in [0.15, 0.2) is 24.3 Å². The molecule has 0 bridgehead atoms. The van der Waals surface area contributed by atoms with Crippen molar-refractivity contribution in [3.63, 3.8) is 0 Å². The SMILES string of the molecule is CCCCN1C(=O)C(=O)N(CN(Cc2ccccc2C(F)(F)F)C2CC2)C1=O. The second-order valence-corrected chi connectivity index (χ2v) is 7.10. The van der Waals surface area contributed by atoms with Crippen molar-refractivity contribution in [2.75, 3.05) is 13.2 Å². The van der Waals surface area contributed by atoms with Crippen molar-refractivity contribution in [3.05, 3.63) is 35.4 Å². The van der Waals surface area contributed by atoms with Gasteiger partial charge in [0.2, 0.25) is 0 Å². The fraction of sp³-hybridized carbons (Fsp3) is 0.526. The first kappa shape index (κ1) is 20.3. The maximum Gasteiger partial charge on any atom is 0.416 e. The lowest BCUT2D eigenvalue weighted by atomic mass is 10.1. The molecular weight excluding hydrogens is 375 g/mol. The van der Waals surface area contributed by atoms with E-state index in [1.807, 2.05) is 6.92 Å². The average Bonchev–Trinajstić information content (AvgIpc) is 3.46. The molecule has 9 heteroatoms. The Bertz CT molecular complexity index is 777. The number of benzene rings is 1. The molecule has 1 aliphatic heterocycles. The van der Waals surface area contributed by atoms with Crippen molar-refractivity contribution >= 4 is 17.8 Å². The molecule has 1 aromatic rings. The lowest BCUT2D eigenvalue weighted by Crippen LogP contribution is -2.43. The molecule has 0 N–H and O–H groups in total. The van der Waals surface area contributed by atoms with Crippen molar-refractivity contribution < 1.29 is 27.6 Å². The van der Waals surface area contributed by atoms with Crippen LogP contribution in [0, 0.1) is 0 Å². The molecular formula is C19H22F3N3O3. The van der Waals surface area contributed by atoms with E-state index >= 15 is 0 Å². The zero-order valence-corrected chi connectivity index (χ0v) is 15.5. The molecule has 3 rings (SSSR count). The molecule has 1 aromatic carbocycles. The van der Waals surface area contributed by atoms with Gasteiger partial charge in [0, 0.05) is 19.1 Å². The molecule has 152 valence electrons. The molecule has 2 aliphatic rings. The van der Waals surface area contributed by atoms with Crippen LogP contribution < -0.4 is 0 Å². The van der Waals surface area contributed by atoms with Gasteiger partial charge in [0.1, 0.15) is 0 Å². The van der Waals surface area contributed by atoms with Crippen LogP contribution in [0.3, 0.4) is 0 Å². The van der Waals surface area contributed by atoms with Crippen molar-refractivity contribution in [1.29, 1.82) is 0 Å². The summed E-state index contributed by atoms with van der Waals surface area (Å²) in [6.45, 7) is 1.82. The molecule has 0 atom stereocenters. The fourth-order valence-electron chi connectivity index (χ4n) is 3.26. The van der Waals surface area contributed by atoms with Crippen LogP contribution in [0.4, 0.5) is 18.0 Å². The zero-order valence-electron chi connectivity index (χ0n) is 15.5. The number of nitrogens with zero attached hydrogens (tertiary/aromatic N) is 3. The highest BCUT2D eigenvalue weighted by Crippen LogP contribution is 2.35. The average molecular weight is 397 g/mol. The van der Waals surface area contributed by atoms with Crippen molar-refractivity contribution in [2.24, 2.45) is 0 Å². The Morgan fingerprint density at radius 2 is 1.71 bits per heavy atom. The maximum atomic E-state index is 13.3. The molecule has 0 spiro atoms. The van der Waals surface area contributed by atoms with Crippen molar-refractivity contribution in [3.8, 4) is 0 Å². The van der Waals surface area contributed by atoms with Gasteiger partial charge >= 0.3 is 24.0 Å². The van der Waals surface area contributed by atoms with Gasteiger partial charge in [0.15, 0.2) is 0 Å². The highest BCUT2D eigenvalue weighted by atomic mass is 19.4. The molecule has 1 saturated heterocycles. The van der Waals surface area contributed by atoms with Crippen LogP contribution in [0.25, 0.3) is 0 Å². The Kier molecular flexibility index (Phi) is 5.74. The Labute approximate surface area is 160 Å². The van der Waals surface area contributed by atoms with Gasteiger partial charge in [-0.15, -0.1) is 0 Å². The molecule has 2 fully saturated rings. The number of alkyl halides is 3. The minimum Gasteiger partial charge on any atom is -0.278 e. The summed E-state index contributed by atoms with van der Waals surface area (Å²) in [7, 11) is 0. The number of hydrogen-bond donors (Lipinski definition) is 0. The first-order valence-corrected chi connectivity index (χ1v) is 9.30. The predicted octanol–water partition coefficient (Wildman–Crippen LogP) is 3.22. The third kappa shape index (κ3) is 4.19. The first-order chi connectivity index (χ1) is 13.2. The van der Waals surface area contributed by atoms with E-state index in [0.29, 0.717) is 6.42 Å². The Balaban J connectivity index is 1.77. The van der Waals surface area contributed by atoms with Gasteiger partial charge in [-0.2, -0.15) is 13.2 Å². The Morgan fingerprint density at radius 3 is 2.32 bits per heavy atom. The normalized spacial score (nSPS) is 18.0. The van der Waals surface area contributed by atoms with Crippen LogP contribution in [0.1, 0.15) is 43.7 Å². The number of hydrogen-bond acceptors (Lipinski definition) is 4. The van der Waals surface area contributed by atoms with E-state index in [9.17, 15) is 27.6 Å². The quantitative estimate of drug-likeness (QED) is 0.499. The number of rotatable bonds is 8. The third-order valence-electron chi connectivity index (χ3n) is 4.95. The molecule has 6 nitrogen and oxygen atoms in total. The molecule has 0 aromatic heterocycles. The summed E-state index contributed by atoms with van der Waals surface area (Å²) in [5.41, 5.74) is -0.657. The Hall–Kier alpha value is -2.42. The van der Waals surface area contributed by atoms with Crippen molar-refractivity contribution in [2.45, 2.75) is 51.4 Å². The van der Waals surface area contributed by atoms with Gasteiger partial charge in [-0.25, -0.2) is 9.69 Å². The van der Waals surface area contributed by atoms with E-state index in [1.165, 1.54) is 18.2 Å². The molecule has 4 amide bonds. The molecule has 1 heterocycles. The van der Waals surface area contributed by atoms with Crippen LogP contribution in [0.5, 0.6) is 0 Å². The smallest absolute Gasteiger partial charge is 0.278 e. The third-order valence-corrected chi connectivity index (χ3v) is 4.95. The maximum absolute atomic E-state index is 13.3. The summed E-state index contributed by atoms with van der Waals surface area (Å²) in [5.74, 6) is -1.79. The number of halogens is 3. The van der Waals surface area contributed by atoms with E-state index in [1.54, 1.807) is 4.90 Å². The number of urea groups is 1. The van der Waals surface area contributed by atoms with Gasteiger partial charge in [0.05, 0.1) is 12.2 Å². The van der Waals surface area contributed by atoms with E-state index in [0.717, 1.165) is 35.1 Å². The van der Waals surface area contributed by atoms with Gasteiger partial charge in [0.25, 0.3) is 0 Å². The van der Waals surface area contributed by atoms with Crippen molar-refractivity contribution in [1.82, 2.24) is 14.7 Å². The van der Waals surface area contributed by atoms with Crippen LogP contribution in [-0.2, 0) is 22.3 Å².